The number of carbonyl (C=O) groups is 1. The summed E-state index contributed by atoms with van der Waals surface area (Å²) >= 11 is 0. The first-order chi connectivity index (χ1) is 6.53. The van der Waals surface area contributed by atoms with Crippen LogP contribution in [0.2, 0.25) is 0 Å². The quantitative estimate of drug-likeness (QED) is 0.487. The predicted octanol–water partition coefficient (Wildman–Crippen LogP) is 1.04. The zero-order valence-electron chi connectivity index (χ0n) is 9.04. The Kier molecular flexibility index (Phi) is 3.17. The lowest BCUT2D eigenvalue weighted by Crippen LogP contribution is -2.49. The van der Waals surface area contributed by atoms with Crippen molar-refractivity contribution in [2.45, 2.75) is 38.3 Å². The van der Waals surface area contributed by atoms with E-state index in [2.05, 4.69) is 5.92 Å². The molecule has 1 saturated heterocycles. The van der Waals surface area contributed by atoms with E-state index in [4.69, 9.17) is 11.2 Å². The second-order valence-electron chi connectivity index (χ2n) is 4.08. The number of likely N-dealkylation sites (tertiary alicyclic amines) is 1. The van der Waals surface area contributed by atoms with Crippen LogP contribution in [0.15, 0.2) is 0 Å². The molecule has 1 aliphatic heterocycles. The molecule has 14 heavy (non-hydrogen) atoms. The molecular formula is C11H17NO2. The van der Waals surface area contributed by atoms with Crippen LogP contribution in [0.25, 0.3) is 0 Å². The summed E-state index contributed by atoms with van der Waals surface area (Å²) in [6.45, 7) is 4.78. The number of methoxy groups -OCH3 is 1. The fourth-order valence-corrected chi connectivity index (χ4v) is 1.90. The number of carbonyl (C=O) groups excluding carboxylic acids is 1. The zero-order valence-corrected chi connectivity index (χ0v) is 9.04. The number of esters is 1. The molecule has 0 saturated carbocycles. The van der Waals surface area contributed by atoms with Crippen molar-refractivity contribution in [3.05, 3.63) is 0 Å². The lowest BCUT2D eigenvalue weighted by Gasteiger charge is -2.34. The third-order valence-electron chi connectivity index (χ3n) is 2.80. The minimum Gasteiger partial charge on any atom is -0.468 e. The van der Waals surface area contributed by atoms with Crippen LogP contribution in [0.4, 0.5) is 0 Å². The van der Waals surface area contributed by atoms with Gasteiger partial charge in [-0.1, -0.05) is 5.92 Å². The van der Waals surface area contributed by atoms with Crippen molar-refractivity contribution >= 4 is 5.97 Å². The summed E-state index contributed by atoms with van der Waals surface area (Å²) in [5.74, 6) is 2.54. The van der Waals surface area contributed by atoms with Crippen molar-refractivity contribution in [1.82, 2.24) is 4.90 Å². The second kappa shape index (κ2) is 4.02. The Balaban J connectivity index is 2.80. The van der Waals surface area contributed by atoms with Crippen LogP contribution in [-0.4, -0.2) is 36.1 Å². The van der Waals surface area contributed by atoms with Crippen LogP contribution in [0.5, 0.6) is 0 Å². The summed E-state index contributed by atoms with van der Waals surface area (Å²) in [6.07, 6.45) is 7.30. The van der Waals surface area contributed by atoms with Gasteiger partial charge in [-0.15, -0.1) is 6.42 Å². The van der Waals surface area contributed by atoms with Crippen molar-refractivity contribution in [1.29, 1.82) is 0 Å². The van der Waals surface area contributed by atoms with Crippen molar-refractivity contribution < 1.29 is 9.53 Å². The van der Waals surface area contributed by atoms with Crippen LogP contribution in [0, 0.1) is 12.3 Å². The molecule has 1 atom stereocenters. The molecule has 0 spiro atoms. The molecule has 0 aliphatic carbocycles. The highest BCUT2D eigenvalue weighted by Crippen LogP contribution is 2.26. The lowest BCUT2D eigenvalue weighted by atomic mass is 10.0. The Hall–Kier alpha value is -1.01. The highest BCUT2D eigenvalue weighted by molar-refractivity contribution is 5.76. The number of hydrogen-bond donors (Lipinski definition) is 0. The average molecular weight is 195 g/mol. The summed E-state index contributed by atoms with van der Waals surface area (Å²) in [5, 5.41) is 0. The second-order valence-corrected chi connectivity index (χ2v) is 4.08. The van der Waals surface area contributed by atoms with Crippen LogP contribution < -0.4 is 0 Å². The molecular weight excluding hydrogens is 178 g/mol. The molecule has 1 heterocycles. The third kappa shape index (κ3) is 1.91. The van der Waals surface area contributed by atoms with Crippen LogP contribution in [0.1, 0.15) is 26.7 Å². The van der Waals surface area contributed by atoms with Gasteiger partial charge in [-0.25, -0.2) is 0 Å². The lowest BCUT2D eigenvalue weighted by molar-refractivity contribution is -0.147. The minimum absolute atomic E-state index is 0.161. The predicted molar refractivity (Wildman–Crippen MR) is 54.7 cm³/mol. The zero-order chi connectivity index (χ0) is 10.8. The van der Waals surface area contributed by atoms with Crippen LogP contribution in [-0.2, 0) is 9.53 Å². The van der Waals surface area contributed by atoms with E-state index >= 15 is 0 Å². The number of hydrogen-bond acceptors (Lipinski definition) is 3. The molecule has 1 rings (SSSR count). The van der Waals surface area contributed by atoms with Gasteiger partial charge in [0.15, 0.2) is 0 Å². The maximum atomic E-state index is 11.5. The van der Waals surface area contributed by atoms with Crippen molar-refractivity contribution in [3.8, 4) is 12.3 Å². The molecule has 0 aromatic rings. The molecule has 1 aliphatic rings. The summed E-state index contributed by atoms with van der Waals surface area (Å²) in [5.41, 5.74) is -0.366. The minimum atomic E-state index is -0.366. The summed E-state index contributed by atoms with van der Waals surface area (Å²) in [6, 6.07) is -0.161. The van der Waals surface area contributed by atoms with E-state index in [-0.39, 0.29) is 17.6 Å². The molecule has 0 amide bonds. The standard InChI is InChI=1S/C11H17NO2/c1-5-11(2,3)12-8-6-7-9(12)10(13)14-4/h1,9H,6-8H2,2-4H3/t9-/m0/s1. The van der Waals surface area contributed by atoms with Gasteiger partial charge in [-0.05, 0) is 26.7 Å². The number of rotatable bonds is 2. The fourth-order valence-electron chi connectivity index (χ4n) is 1.90. The Morgan fingerprint density at radius 1 is 1.64 bits per heavy atom. The van der Waals surface area contributed by atoms with Gasteiger partial charge in [0.05, 0.1) is 12.6 Å². The Morgan fingerprint density at radius 3 is 2.79 bits per heavy atom. The van der Waals surface area contributed by atoms with E-state index in [0.29, 0.717) is 0 Å². The molecule has 0 aromatic carbocycles. The first kappa shape index (κ1) is 11.1. The Morgan fingerprint density at radius 2 is 2.29 bits per heavy atom. The molecule has 0 N–H and O–H groups in total. The van der Waals surface area contributed by atoms with Crippen molar-refractivity contribution in [2.75, 3.05) is 13.7 Å². The molecule has 78 valence electrons. The Bertz CT molecular complexity index is 265. The van der Waals surface area contributed by atoms with Crippen LogP contribution >= 0.6 is 0 Å². The summed E-state index contributed by atoms with van der Waals surface area (Å²) < 4.78 is 4.75. The fraction of sp³-hybridized carbons (Fsp3) is 0.727. The molecule has 0 aromatic heterocycles. The molecule has 0 radical (unpaired) electrons. The van der Waals surface area contributed by atoms with Gasteiger partial charge in [0.25, 0.3) is 0 Å². The first-order valence-corrected chi connectivity index (χ1v) is 4.85. The first-order valence-electron chi connectivity index (χ1n) is 4.85. The molecule has 3 heteroatoms. The number of terminal acetylenes is 1. The average Bonchev–Trinajstić information content (AvgIpc) is 2.65. The van der Waals surface area contributed by atoms with Crippen LogP contribution in [0.3, 0.4) is 0 Å². The van der Waals surface area contributed by atoms with Gasteiger partial charge in [-0.3, -0.25) is 9.69 Å². The van der Waals surface area contributed by atoms with E-state index < -0.39 is 0 Å². The van der Waals surface area contributed by atoms with Gasteiger partial charge < -0.3 is 4.74 Å². The van der Waals surface area contributed by atoms with Crippen molar-refractivity contribution in [2.24, 2.45) is 0 Å². The van der Waals surface area contributed by atoms with E-state index in [1.807, 2.05) is 18.7 Å². The van der Waals surface area contributed by atoms with Gasteiger partial charge in [0, 0.05) is 6.54 Å². The van der Waals surface area contributed by atoms with E-state index in [1.165, 1.54) is 7.11 Å². The molecule has 1 fully saturated rings. The maximum Gasteiger partial charge on any atom is 0.323 e. The van der Waals surface area contributed by atoms with Gasteiger partial charge >= 0.3 is 5.97 Å². The van der Waals surface area contributed by atoms with E-state index in [9.17, 15) is 4.79 Å². The number of ether oxygens (including phenoxy) is 1. The highest BCUT2D eigenvalue weighted by atomic mass is 16.5. The highest BCUT2D eigenvalue weighted by Gasteiger charge is 2.39. The Labute approximate surface area is 85.4 Å². The smallest absolute Gasteiger partial charge is 0.323 e. The summed E-state index contributed by atoms with van der Waals surface area (Å²) in [7, 11) is 1.42. The van der Waals surface area contributed by atoms with E-state index in [1.54, 1.807) is 0 Å². The SMILES string of the molecule is C#CC(C)(C)N1CCC[C@H]1C(=O)OC. The van der Waals surface area contributed by atoms with E-state index in [0.717, 1.165) is 19.4 Å². The molecule has 0 bridgehead atoms. The number of nitrogens with zero attached hydrogens (tertiary/aromatic N) is 1. The van der Waals surface area contributed by atoms with Gasteiger partial charge in [0.2, 0.25) is 0 Å². The largest absolute Gasteiger partial charge is 0.468 e. The topological polar surface area (TPSA) is 29.5 Å². The van der Waals surface area contributed by atoms with Crippen molar-refractivity contribution in [3.63, 3.8) is 0 Å². The monoisotopic (exact) mass is 195 g/mol. The van der Waals surface area contributed by atoms with Gasteiger partial charge in [0.1, 0.15) is 6.04 Å². The normalized spacial score (nSPS) is 23.1. The summed E-state index contributed by atoms with van der Waals surface area (Å²) in [4.78, 5) is 13.5. The third-order valence-corrected chi connectivity index (χ3v) is 2.80. The molecule has 0 unspecified atom stereocenters. The van der Waals surface area contributed by atoms with Gasteiger partial charge in [-0.2, -0.15) is 0 Å². The maximum absolute atomic E-state index is 11.5. The molecule has 3 nitrogen and oxygen atoms in total.